The Labute approximate surface area is 110 Å². The molecule has 0 unspecified atom stereocenters. The lowest BCUT2D eigenvalue weighted by molar-refractivity contribution is 0.0600. The first kappa shape index (κ1) is 11.5. The number of hydrogen-bond acceptors (Lipinski definition) is 3. The molecule has 0 radical (unpaired) electrons. The molecule has 0 atom stereocenters. The van der Waals surface area contributed by atoms with Gasteiger partial charge in [-0.2, -0.15) is 0 Å². The van der Waals surface area contributed by atoms with Crippen LogP contribution in [0, 0.1) is 6.92 Å². The monoisotopic (exact) mass is 258 g/mol. The first-order valence-electron chi connectivity index (χ1n) is 6.00. The summed E-state index contributed by atoms with van der Waals surface area (Å²) in [5.41, 5.74) is 5.71. The maximum atomic E-state index is 11.8. The maximum Gasteiger partial charge on any atom is 0.338 e. The highest BCUT2D eigenvalue weighted by atomic mass is 32.1. The average molecular weight is 258 g/mol. The number of aryl methyl sites for hydroxylation is 2. The van der Waals surface area contributed by atoms with E-state index < -0.39 is 0 Å². The zero-order chi connectivity index (χ0) is 12.7. The second kappa shape index (κ2) is 4.25. The second-order valence-electron chi connectivity index (χ2n) is 4.54. The summed E-state index contributed by atoms with van der Waals surface area (Å²) >= 11 is 1.76. The first-order valence-corrected chi connectivity index (χ1v) is 6.88. The van der Waals surface area contributed by atoms with Crippen molar-refractivity contribution in [2.24, 2.45) is 0 Å². The van der Waals surface area contributed by atoms with Gasteiger partial charge in [-0.3, -0.25) is 0 Å². The van der Waals surface area contributed by atoms with E-state index >= 15 is 0 Å². The smallest absolute Gasteiger partial charge is 0.338 e. The Bertz CT molecular complexity index is 625. The molecule has 0 saturated heterocycles. The van der Waals surface area contributed by atoms with Crippen LogP contribution in [0.4, 0.5) is 0 Å². The number of esters is 1. The lowest BCUT2D eigenvalue weighted by atomic mass is 9.87. The fraction of sp³-hybridized carbons (Fsp3) is 0.267. The molecule has 0 aliphatic heterocycles. The first-order chi connectivity index (χ1) is 8.72. The van der Waals surface area contributed by atoms with Gasteiger partial charge in [-0.05, 0) is 59.5 Å². The van der Waals surface area contributed by atoms with E-state index in [0.29, 0.717) is 5.56 Å². The number of thiophene rings is 1. The van der Waals surface area contributed by atoms with Gasteiger partial charge in [0.2, 0.25) is 0 Å². The zero-order valence-electron chi connectivity index (χ0n) is 10.4. The molecule has 0 saturated carbocycles. The van der Waals surface area contributed by atoms with Crippen LogP contribution in [-0.4, -0.2) is 13.1 Å². The molecule has 0 amide bonds. The van der Waals surface area contributed by atoms with Crippen molar-refractivity contribution in [2.75, 3.05) is 7.11 Å². The van der Waals surface area contributed by atoms with Gasteiger partial charge in [0, 0.05) is 4.88 Å². The third-order valence-corrected chi connectivity index (χ3v) is 4.57. The predicted octanol–water partition coefficient (Wildman–Crippen LogP) is 3.61. The van der Waals surface area contributed by atoms with Crippen LogP contribution in [0.2, 0.25) is 0 Å². The summed E-state index contributed by atoms with van der Waals surface area (Å²) < 4.78 is 4.84. The van der Waals surface area contributed by atoms with Crippen molar-refractivity contribution in [1.82, 2.24) is 0 Å². The fourth-order valence-electron chi connectivity index (χ4n) is 2.64. The zero-order valence-corrected chi connectivity index (χ0v) is 11.3. The number of benzene rings is 1. The summed E-state index contributed by atoms with van der Waals surface area (Å²) in [6.07, 6.45) is 2.16. The van der Waals surface area contributed by atoms with E-state index in [4.69, 9.17) is 4.74 Å². The summed E-state index contributed by atoms with van der Waals surface area (Å²) in [5, 5.41) is 2.13. The molecule has 0 N–H and O–H groups in total. The summed E-state index contributed by atoms with van der Waals surface area (Å²) in [6, 6.07) is 6.14. The number of methoxy groups -OCH3 is 1. The molecule has 1 aromatic heterocycles. The molecule has 3 rings (SSSR count). The van der Waals surface area contributed by atoms with Crippen molar-refractivity contribution in [2.45, 2.75) is 19.8 Å². The molecule has 1 aliphatic rings. The highest BCUT2D eigenvalue weighted by Gasteiger charge is 2.22. The van der Waals surface area contributed by atoms with Crippen LogP contribution in [0.15, 0.2) is 23.6 Å². The number of hydrogen-bond donors (Lipinski definition) is 0. The minimum absolute atomic E-state index is 0.251. The van der Waals surface area contributed by atoms with E-state index in [1.54, 1.807) is 11.3 Å². The van der Waals surface area contributed by atoms with Gasteiger partial charge in [0.25, 0.3) is 0 Å². The van der Waals surface area contributed by atoms with Crippen molar-refractivity contribution in [1.29, 1.82) is 0 Å². The Morgan fingerprint density at radius 3 is 2.78 bits per heavy atom. The quantitative estimate of drug-likeness (QED) is 0.730. The van der Waals surface area contributed by atoms with Gasteiger partial charge >= 0.3 is 5.97 Å². The Balaban J connectivity index is 2.24. The van der Waals surface area contributed by atoms with Gasteiger partial charge in [0.15, 0.2) is 0 Å². The van der Waals surface area contributed by atoms with Crippen LogP contribution in [0.3, 0.4) is 0 Å². The maximum absolute atomic E-state index is 11.8. The van der Waals surface area contributed by atoms with Gasteiger partial charge in [-0.15, -0.1) is 11.3 Å². The molecular formula is C15H14O2S. The van der Waals surface area contributed by atoms with Crippen LogP contribution in [0.25, 0.3) is 10.4 Å². The third-order valence-electron chi connectivity index (χ3n) is 3.59. The summed E-state index contributed by atoms with van der Waals surface area (Å²) in [5.74, 6) is -0.251. The lowest BCUT2D eigenvalue weighted by Crippen LogP contribution is -2.09. The van der Waals surface area contributed by atoms with Crippen LogP contribution in [0.5, 0.6) is 0 Å². The fourth-order valence-corrected chi connectivity index (χ4v) is 3.74. The van der Waals surface area contributed by atoms with Gasteiger partial charge < -0.3 is 4.74 Å². The van der Waals surface area contributed by atoms with E-state index in [-0.39, 0.29) is 5.97 Å². The van der Waals surface area contributed by atoms with E-state index in [0.717, 1.165) is 18.4 Å². The topological polar surface area (TPSA) is 26.3 Å². The predicted molar refractivity (Wildman–Crippen MR) is 73.2 cm³/mol. The van der Waals surface area contributed by atoms with Gasteiger partial charge in [-0.1, -0.05) is 6.07 Å². The van der Waals surface area contributed by atoms with E-state index in [1.807, 2.05) is 13.0 Å². The molecule has 0 fully saturated rings. The third kappa shape index (κ3) is 1.58. The van der Waals surface area contributed by atoms with Crippen LogP contribution in [0.1, 0.15) is 27.0 Å². The largest absolute Gasteiger partial charge is 0.465 e. The van der Waals surface area contributed by atoms with E-state index in [9.17, 15) is 4.79 Å². The average Bonchev–Trinajstić information content (AvgIpc) is 2.86. The number of rotatable bonds is 1. The van der Waals surface area contributed by atoms with Crippen molar-refractivity contribution < 1.29 is 9.53 Å². The molecule has 0 spiro atoms. The second-order valence-corrected chi connectivity index (χ2v) is 5.45. The molecule has 0 bridgehead atoms. The number of ether oxygens (including phenoxy) is 1. The molecule has 1 aliphatic carbocycles. The number of fused-ring (bicyclic) bond motifs is 3. The molecule has 18 heavy (non-hydrogen) atoms. The van der Waals surface area contributed by atoms with Crippen molar-refractivity contribution in [3.8, 4) is 10.4 Å². The normalized spacial score (nSPS) is 12.8. The Kier molecular flexibility index (Phi) is 2.71. The van der Waals surface area contributed by atoms with Crippen LogP contribution >= 0.6 is 11.3 Å². The molecule has 2 nitrogen and oxygen atoms in total. The van der Waals surface area contributed by atoms with Gasteiger partial charge in [0.1, 0.15) is 0 Å². The molecule has 92 valence electrons. The Morgan fingerprint density at radius 1 is 1.22 bits per heavy atom. The Hall–Kier alpha value is -1.61. The molecule has 1 aromatic carbocycles. The summed E-state index contributed by atoms with van der Waals surface area (Å²) in [6.45, 7) is 2.01. The summed E-state index contributed by atoms with van der Waals surface area (Å²) in [4.78, 5) is 13.1. The standard InChI is InChI=1S/C15H14O2S/c1-9-12(15(16)17-2)6-5-10-3-4-11-7-8-18-14(11)13(9)10/h5-8H,3-4H2,1-2H3. The molecular weight excluding hydrogens is 244 g/mol. The Morgan fingerprint density at radius 2 is 2.00 bits per heavy atom. The molecule has 3 heteroatoms. The van der Waals surface area contributed by atoms with Crippen LogP contribution < -0.4 is 0 Å². The summed E-state index contributed by atoms with van der Waals surface area (Å²) in [7, 11) is 1.43. The van der Waals surface area contributed by atoms with E-state index in [2.05, 4.69) is 17.5 Å². The van der Waals surface area contributed by atoms with Crippen molar-refractivity contribution >= 4 is 17.3 Å². The molecule has 1 heterocycles. The minimum atomic E-state index is -0.251. The SMILES string of the molecule is COC(=O)c1ccc2c(c1C)-c1sccc1CC2. The van der Waals surface area contributed by atoms with Crippen molar-refractivity contribution in [3.05, 3.63) is 45.8 Å². The number of carbonyl (C=O) groups is 1. The van der Waals surface area contributed by atoms with E-state index in [1.165, 1.54) is 28.7 Å². The van der Waals surface area contributed by atoms with Gasteiger partial charge in [-0.25, -0.2) is 4.79 Å². The minimum Gasteiger partial charge on any atom is -0.465 e. The number of carbonyl (C=O) groups excluding carboxylic acids is 1. The highest BCUT2D eigenvalue weighted by molar-refractivity contribution is 7.13. The lowest BCUT2D eigenvalue weighted by Gasteiger charge is -2.20. The highest BCUT2D eigenvalue weighted by Crippen LogP contribution is 2.40. The van der Waals surface area contributed by atoms with Crippen molar-refractivity contribution in [3.63, 3.8) is 0 Å². The molecule has 2 aromatic rings. The van der Waals surface area contributed by atoms with Crippen LogP contribution in [-0.2, 0) is 17.6 Å². The van der Waals surface area contributed by atoms with Gasteiger partial charge in [0.05, 0.1) is 12.7 Å².